The summed E-state index contributed by atoms with van der Waals surface area (Å²) >= 11 is 12.5. The molecule has 6 heteroatoms. The van der Waals surface area contributed by atoms with E-state index in [0.29, 0.717) is 22.2 Å². The van der Waals surface area contributed by atoms with Gasteiger partial charge in [0.1, 0.15) is 11.5 Å². The van der Waals surface area contributed by atoms with Crippen LogP contribution in [-0.4, -0.2) is 24.1 Å². The fourth-order valence-corrected chi connectivity index (χ4v) is 3.72. The Morgan fingerprint density at radius 3 is 2.57 bits per heavy atom. The number of amides is 1. The molecule has 1 aliphatic heterocycles. The standard InChI is InChI=1S/C22H18Cl2N2O2.C2H6/c1-28-16-10-11-17-20(13-16)26(15-7-3-2-4-8-15)22(27)21(17)25-14-6-5-9-18(23)19(24)12-14;1-2/h2-4,6-8,10-13,18H,5,9H2,1H3;1-2H3. The normalized spacial score (nSPS) is 19.4. The fourth-order valence-electron chi connectivity index (χ4n) is 3.31. The summed E-state index contributed by atoms with van der Waals surface area (Å²) in [7, 11) is 1.60. The predicted molar refractivity (Wildman–Crippen MR) is 125 cm³/mol. The van der Waals surface area contributed by atoms with Gasteiger partial charge in [-0.2, -0.15) is 0 Å². The van der Waals surface area contributed by atoms with Crippen LogP contribution < -0.4 is 9.64 Å². The Kier molecular flexibility index (Phi) is 7.35. The Morgan fingerprint density at radius 1 is 1.13 bits per heavy atom. The number of carbonyl (C=O) groups is 1. The van der Waals surface area contributed by atoms with Gasteiger partial charge in [0.05, 0.1) is 23.9 Å². The number of halogens is 2. The lowest BCUT2D eigenvalue weighted by Gasteiger charge is -2.17. The van der Waals surface area contributed by atoms with Crippen molar-refractivity contribution in [3.05, 3.63) is 77.0 Å². The van der Waals surface area contributed by atoms with Crippen LogP contribution in [-0.2, 0) is 4.79 Å². The molecule has 1 unspecified atom stereocenters. The first-order valence-corrected chi connectivity index (χ1v) is 10.8. The molecule has 4 nitrogen and oxygen atoms in total. The molecule has 1 aliphatic carbocycles. The smallest absolute Gasteiger partial charge is 0.282 e. The molecule has 0 fully saturated rings. The molecule has 156 valence electrons. The average Bonchev–Trinajstić information content (AvgIpc) is 2.94. The highest BCUT2D eigenvalue weighted by Gasteiger charge is 2.35. The minimum absolute atomic E-state index is 0.188. The first-order valence-electron chi connectivity index (χ1n) is 9.96. The molecule has 2 aromatic carbocycles. The van der Waals surface area contributed by atoms with Crippen LogP contribution in [0.4, 0.5) is 11.4 Å². The van der Waals surface area contributed by atoms with Gasteiger partial charge in [-0.05, 0) is 43.2 Å². The number of carbonyl (C=O) groups excluding carboxylic acids is 1. The van der Waals surface area contributed by atoms with Gasteiger partial charge < -0.3 is 4.74 Å². The molecule has 1 amide bonds. The van der Waals surface area contributed by atoms with Gasteiger partial charge >= 0.3 is 0 Å². The maximum atomic E-state index is 13.3. The molecule has 1 atom stereocenters. The van der Waals surface area contributed by atoms with Gasteiger partial charge in [0.2, 0.25) is 0 Å². The van der Waals surface area contributed by atoms with Crippen LogP contribution in [0.1, 0.15) is 32.3 Å². The van der Waals surface area contributed by atoms with E-state index in [4.69, 9.17) is 27.9 Å². The second-order valence-electron chi connectivity index (χ2n) is 6.52. The third kappa shape index (κ3) is 4.45. The summed E-state index contributed by atoms with van der Waals surface area (Å²) < 4.78 is 5.36. The van der Waals surface area contributed by atoms with Crippen molar-refractivity contribution in [1.82, 2.24) is 0 Å². The van der Waals surface area contributed by atoms with Gasteiger partial charge in [0, 0.05) is 22.3 Å². The van der Waals surface area contributed by atoms with Gasteiger partial charge in [-0.3, -0.25) is 9.69 Å². The summed E-state index contributed by atoms with van der Waals surface area (Å²) in [5, 5.41) is 0.308. The number of hydrogen-bond acceptors (Lipinski definition) is 3. The molecule has 0 aromatic heterocycles. The number of aliphatic imine (C=N–C) groups is 1. The molecule has 1 heterocycles. The second kappa shape index (κ2) is 9.96. The van der Waals surface area contributed by atoms with Crippen molar-refractivity contribution >= 4 is 46.2 Å². The number of para-hydroxylation sites is 1. The molecule has 30 heavy (non-hydrogen) atoms. The van der Waals surface area contributed by atoms with Crippen LogP contribution in [0.3, 0.4) is 0 Å². The van der Waals surface area contributed by atoms with Gasteiger partial charge in [0.25, 0.3) is 5.91 Å². The summed E-state index contributed by atoms with van der Waals surface area (Å²) in [4.78, 5) is 19.6. The van der Waals surface area contributed by atoms with Crippen molar-refractivity contribution < 1.29 is 9.53 Å². The Hall–Kier alpha value is -2.56. The summed E-state index contributed by atoms with van der Waals surface area (Å²) in [6.07, 6.45) is 5.18. The Morgan fingerprint density at radius 2 is 1.87 bits per heavy atom. The Balaban J connectivity index is 0.00000124. The maximum Gasteiger partial charge on any atom is 0.282 e. The molecular weight excluding hydrogens is 419 g/mol. The van der Waals surface area contributed by atoms with Crippen molar-refractivity contribution in [3.8, 4) is 5.75 Å². The van der Waals surface area contributed by atoms with E-state index in [0.717, 1.165) is 29.8 Å². The number of hydrogen-bond donors (Lipinski definition) is 0. The van der Waals surface area contributed by atoms with Crippen LogP contribution in [0.25, 0.3) is 0 Å². The Bertz CT molecular complexity index is 1010. The largest absolute Gasteiger partial charge is 0.497 e. The second-order valence-corrected chi connectivity index (χ2v) is 7.49. The number of fused-ring (bicyclic) bond motifs is 1. The summed E-state index contributed by atoms with van der Waals surface area (Å²) in [5.74, 6) is 0.488. The average molecular weight is 443 g/mol. The lowest BCUT2D eigenvalue weighted by atomic mass is 10.1. The van der Waals surface area contributed by atoms with Gasteiger partial charge in [-0.1, -0.05) is 49.7 Å². The number of ether oxygens (including phenoxy) is 1. The first kappa shape index (κ1) is 22.1. The van der Waals surface area contributed by atoms with Crippen LogP contribution in [0, 0.1) is 0 Å². The number of alkyl halides is 1. The highest BCUT2D eigenvalue weighted by molar-refractivity contribution is 6.56. The number of nitrogens with zero attached hydrogens (tertiary/aromatic N) is 2. The van der Waals surface area contributed by atoms with E-state index in [1.54, 1.807) is 18.1 Å². The molecule has 4 rings (SSSR count). The lowest BCUT2D eigenvalue weighted by Crippen LogP contribution is -2.25. The third-order valence-corrected chi connectivity index (χ3v) is 5.66. The topological polar surface area (TPSA) is 41.9 Å². The van der Waals surface area contributed by atoms with Crippen molar-refractivity contribution in [2.75, 3.05) is 12.0 Å². The van der Waals surface area contributed by atoms with Gasteiger partial charge in [-0.15, -0.1) is 11.6 Å². The minimum atomic E-state index is -0.229. The number of anilines is 2. The van der Waals surface area contributed by atoms with Gasteiger partial charge in [-0.25, -0.2) is 4.99 Å². The molecule has 0 bridgehead atoms. The van der Waals surface area contributed by atoms with Crippen LogP contribution >= 0.6 is 23.2 Å². The maximum absolute atomic E-state index is 13.3. The van der Waals surface area contributed by atoms with E-state index in [1.165, 1.54) is 0 Å². The van der Waals surface area contributed by atoms with Crippen molar-refractivity contribution in [2.24, 2.45) is 4.99 Å². The molecular formula is C24H24Cl2N2O2. The van der Waals surface area contributed by atoms with Crippen LogP contribution in [0.2, 0.25) is 0 Å². The number of benzene rings is 2. The van der Waals surface area contributed by atoms with E-state index < -0.39 is 0 Å². The monoisotopic (exact) mass is 442 g/mol. The molecule has 0 saturated carbocycles. The van der Waals surface area contributed by atoms with Crippen molar-refractivity contribution in [3.63, 3.8) is 0 Å². The van der Waals surface area contributed by atoms with E-state index in [-0.39, 0.29) is 11.3 Å². The lowest BCUT2D eigenvalue weighted by molar-refractivity contribution is -0.111. The minimum Gasteiger partial charge on any atom is -0.497 e. The highest BCUT2D eigenvalue weighted by atomic mass is 35.5. The molecule has 0 saturated heterocycles. The first-order chi connectivity index (χ1) is 14.6. The quantitative estimate of drug-likeness (QED) is 0.502. The van der Waals surface area contributed by atoms with E-state index in [2.05, 4.69) is 4.99 Å². The number of rotatable bonds is 3. The van der Waals surface area contributed by atoms with Gasteiger partial charge in [0.15, 0.2) is 0 Å². The molecule has 0 N–H and O–H groups in total. The molecule has 2 aromatic rings. The number of methoxy groups -OCH3 is 1. The summed E-state index contributed by atoms with van der Waals surface area (Å²) in [6.45, 7) is 4.00. The van der Waals surface area contributed by atoms with E-state index in [9.17, 15) is 4.79 Å². The zero-order valence-corrected chi connectivity index (χ0v) is 18.7. The molecule has 2 aliphatic rings. The Labute approximate surface area is 187 Å². The predicted octanol–water partition coefficient (Wildman–Crippen LogP) is 6.60. The summed E-state index contributed by atoms with van der Waals surface area (Å²) in [6, 6.07) is 15.0. The zero-order valence-electron chi connectivity index (χ0n) is 17.2. The summed E-state index contributed by atoms with van der Waals surface area (Å²) in [5.41, 5.74) is 3.30. The SMILES string of the molecule is CC.COc1ccc2c(c1)N(c1ccccc1)C(=O)C2=NC1=CCCC(Cl)C(Cl)=C1. The molecule has 0 spiro atoms. The van der Waals surface area contributed by atoms with Crippen molar-refractivity contribution in [2.45, 2.75) is 32.1 Å². The van der Waals surface area contributed by atoms with E-state index >= 15 is 0 Å². The fraction of sp³-hybridized carbons (Fsp3) is 0.250. The highest BCUT2D eigenvalue weighted by Crippen LogP contribution is 2.38. The third-order valence-electron chi connectivity index (χ3n) is 4.72. The zero-order chi connectivity index (χ0) is 21.7. The van der Waals surface area contributed by atoms with Crippen LogP contribution in [0.15, 0.2) is 76.4 Å². The van der Waals surface area contributed by atoms with Crippen LogP contribution in [0.5, 0.6) is 5.75 Å². The van der Waals surface area contributed by atoms with Crippen molar-refractivity contribution in [1.29, 1.82) is 0 Å². The molecule has 0 radical (unpaired) electrons. The number of allylic oxidation sites excluding steroid dienone is 3. The van der Waals surface area contributed by atoms with E-state index in [1.807, 2.05) is 68.5 Å².